The summed E-state index contributed by atoms with van der Waals surface area (Å²) < 4.78 is 1.93. The first kappa shape index (κ1) is 23.3. The van der Waals surface area contributed by atoms with Gasteiger partial charge in [-0.1, -0.05) is 48.6 Å². The van der Waals surface area contributed by atoms with Gasteiger partial charge in [-0.2, -0.15) is 4.52 Å². The summed E-state index contributed by atoms with van der Waals surface area (Å²) in [5, 5.41) is 9.49. The van der Waals surface area contributed by atoms with Gasteiger partial charge < -0.3 is 15.1 Å². The van der Waals surface area contributed by atoms with Crippen LogP contribution in [0.5, 0.6) is 0 Å². The highest BCUT2D eigenvalue weighted by Crippen LogP contribution is 2.35. The Kier molecular flexibility index (Phi) is 6.19. The molecule has 0 aliphatic carbocycles. The fraction of sp³-hybridized carbons (Fsp3) is 0.385. The van der Waals surface area contributed by atoms with Crippen LogP contribution >= 0.6 is 11.3 Å². The molecule has 0 spiro atoms. The van der Waals surface area contributed by atoms with Gasteiger partial charge in [-0.15, -0.1) is 5.10 Å². The Bertz CT molecular complexity index is 1310. The van der Waals surface area contributed by atoms with Crippen LogP contribution in [0.1, 0.15) is 43.7 Å². The number of aryl methyl sites for hydroxylation is 1. The van der Waals surface area contributed by atoms with Gasteiger partial charge in [0.05, 0.1) is 0 Å². The van der Waals surface area contributed by atoms with Crippen LogP contribution in [0.3, 0.4) is 0 Å². The van der Waals surface area contributed by atoms with E-state index < -0.39 is 0 Å². The largest absolute Gasteiger partial charge is 0.364 e. The molecule has 4 heterocycles. The summed E-state index contributed by atoms with van der Waals surface area (Å²) in [6, 6.07) is 14.0. The van der Waals surface area contributed by atoms with Gasteiger partial charge in [-0.25, -0.2) is 4.98 Å². The summed E-state index contributed by atoms with van der Waals surface area (Å²) in [5.74, 6) is 0.887. The maximum Gasteiger partial charge on any atom is 0.272 e. The zero-order chi connectivity index (χ0) is 24.6. The van der Waals surface area contributed by atoms with Crippen LogP contribution in [0.4, 0.5) is 10.9 Å². The number of fused-ring (bicyclic) bond motifs is 1. The number of anilines is 2. The molecule has 1 aliphatic heterocycles. The van der Waals surface area contributed by atoms with Crippen LogP contribution in [-0.4, -0.2) is 62.1 Å². The first-order valence-corrected chi connectivity index (χ1v) is 12.9. The Balaban J connectivity index is 1.39. The maximum absolute atomic E-state index is 12.7. The molecule has 35 heavy (non-hydrogen) atoms. The second kappa shape index (κ2) is 9.30. The number of carbonyl (C=O) groups is 1. The standard InChI is InChI=1S/C26H31N7OS/c1-5-18-9-11-19(12-10-18)21-22(29-26(2,3)4)33-24(28-21)35-25(30-33)32-16-14-31(15-17-32)23(34)20-8-6-7-13-27-20/h6-13,29H,5,14-17H2,1-4H3. The quantitative estimate of drug-likeness (QED) is 0.442. The van der Waals surface area contributed by atoms with E-state index >= 15 is 0 Å². The van der Waals surface area contributed by atoms with Crippen LogP contribution in [0, 0.1) is 0 Å². The molecule has 1 aromatic carbocycles. The summed E-state index contributed by atoms with van der Waals surface area (Å²) >= 11 is 1.58. The highest BCUT2D eigenvalue weighted by atomic mass is 32.1. The molecule has 1 aliphatic rings. The van der Waals surface area contributed by atoms with Gasteiger partial charge in [0, 0.05) is 43.5 Å². The average Bonchev–Trinajstić information content (AvgIpc) is 3.43. The van der Waals surface area contributed by atoms with Crippen LogP contribution in [-0.2, 0) is 6.42 Å². The maximum atomic E-state index is 12.7. The minimum atomic E-state index is -0.144. The van der Waals surface area contributed by atoms with E-state index in [0.717, 1.165) is 46.7 Å². The number of benzene rings is 1. The van der Waals surface area contributed by atoms with E-state index in [4.69, 9.17) is 10.1 Å². The topological polar surface area (TPSA) is 78.7 Å². The van der Waals surface area contributed by atoms with Crippen molar-refractivity contribution in [1.29, 1.82) is 0 Å². The number of hydrogen-bond donors (Lipinski definition) is 1. The molecule has 0 unspecified atom stereocenters. The highest BCUT2D eigenvalue weighted by molar-refractivity contribution is 7.20. The third-order valence-corrected chi connectivity index (χ3v) is 7.01. The van der Waals surface area contributed by atoms with Crippen molar-refractivity contribution >= 4 is 33.2 Å². The minimum Gasteiger partial charge on any atom is -0.364 e. The van der Waals surface area contributed by atoms with E-state index in [0.29, 0.717) is 18.8 Å². The Labute approximate surface area is 209 Å². The number of imidazole rings is 1. The lowest BCUT2D eigenvalue weighted by molar-refractivity contribution is 0.0741. The van der Waals surface area contributed by atoms with Gasteiger partial charge in [-0.3, -0.25) is 9.78 Å². The zero-order valence-electron chi connectivity index (χ0n) is 20.7. The molecule has 1 N–H and O–H groups in total. The molecule has 1 amide bonds. The molecular weight excluding hydrogens is 458 g/mol. The molecule has 9 heteroatoms. The second-order valence-electron chi connectivity index (χ2n) is 9.81. The number of amides is 1. The fourth-order valence-electron chi connectivity index (χ4n) is 4.19. The SMILES string of the molecule is CCc1ccc(-c2nc3sc(N4CCN(C(=O)c5ccccn5)CC4)nn3c2NC(C)(C)C)cc1. The van der Waals surface area contributed by atoms with E-state index in [1.807, 2.05) is 21.5 Å². The third-order valence-electron chi connectivity index (χ3n) is 6.04. The molecule has 1 saturated heterocycles. The van der Waals surface area contributed by atoms with E-state index in [9.17, 15) is 4.79 Å². The van der Waals surface area contributed by atoms with Crippen molar-refractivity contribution < 1.29 is 4.79 Å². The normalized spacial score (nSPS) is 14.5. The van der Waals surface area contributed by atoms with Gasteiger partial charge in [0.2, 0.25) is 10.1 Å². The lowest BCUT2D eigenvalue weighted by Gasteiger charge is -2.34. The number of pyridine rings is 1. The Morgan fingerprint density at radius 1 is 1.06 bits per heavy atom. The Morgan fingerprint density at radius 3 is 2.43 bits per heavy atom. The second-order valence-corrected chi connectivity index (χ2v) is 10.7. The predicted octanol–water partition coefficient (Wildman–Crippen LogP) is 4.59. The molecule has 0 atom stereocenters. The number of hydrogen-bond acceptors (Lipinski definition) is 7. The molecule has 0 saturated carbocycles. The molecule has 0 radical (unpaired) electrons. The first-order chi connectivity index (χ1) is 16.8. The van der Waals surface area contributed by atoms with Crippen LogP contribution < -0.4 is 10.2 Å². The smallest absolute Gasteiger partial charge is 0.272 e. The van der Waals surface area contributed by atoms with E-state index in [2.05, 4.69) is 67.2 Å². The molecule has 8 nitrogen and oxygen atoms in total. The van der Waals surface area contributed by atoms with Crippen molar-refractivity contribution in [2.75, 3.05) is 36.4 Å². The average molecular weight is 490 g/mol. The minimum absolute atomic E-state index is 0.0189. The zero-order valence-corrected chi connectivity index (χ0v) is 21.5. The third kappa shape index (κ3) is 4.86. The number of aromatic nitrogens is 4. The summed E-state index contributed by atoms with van der Waals surface area (Å²) in [6.45, 7) is 11.3. The van der Waals surface area contributed by atoms with Gasteiger partial charge >= 0.3 is 0 Å². The van der Waals surface area contributed by atoms with Gasteiger partial charge in [0.1, 0.15) is 11.4 Å². The number of piperazine rings is 1. The summed E-state index contributed by atoms with van der Waals surface area (Å²) in [6.07, 6.45) is 2.67. The molecule has 0 bridgehead atoms. The summed E-state index contributed by atoms with van der Waals surface area (Å²) in [7, 11) is 0. The fourth-order valence-corrected chi connectivity index (χ4v) is 5.14. The molecular formula is C26H31N7OS. The van der Waals surface area contributed by atoms with Gasteiger partial charge in [-0.05, 0) is 44.9 Å². The summed E-state index contributed by atoms with van der Waals surface area (Å²) in [4.78, 5) is 26.9. The monoisotopic (exact) mass is 489 g/mol. The van der Waals surface area contributed by atoms with Crippen LogP contribution in [0.2, 0.25) is 0 Å². The first-order valence-electron chi connectivity index (χ1n) is 12.0. The number of nitrogens with one attached hydrogen (secondary N) is 1. The van der Waals surface area contributed by atoms with Crippen molar-refractivity contribution in [3.05, 3.63) is 59.9 Å². The van der Waals surface area contributed by atoms with Crippen molar-refractivity contribution in [2.45, 2.75) is 39.7 Å². The van der Waals surface area contributed by atoms with E-state index in [-0.39, 0.29) is 11.4 Å². The molecule has 1 fully saturated rings. The number of carbonyl (C=O) groups excluding carboxylic acids is 1. The van der Waals surface area contributed by atoms with Crippen molar-refractivity contribution in [3.8, 4) is 11.3 Å². The number of nitrogens with zero attached hydrogens (tertiary/aromatic N) is 6. The van der Waals surface area contributed by atoms with Gasteiger partial charge in [0.15, 0.2) is 5.82 Å². The predicted molar refractivity (Wildman–Crippen MR) is 141 cm³/mol. The molecule has 5 rings (SSSR count). The van der Waals surface area contributed by atoms with E-state index in [1.165, 1.54) is 5.56 Å². The number of rotatable bonds is 5. The van der Waals surface area contributed by atoms with Crippen molar-refractivity contribution in [1.82, 2.24) is 24.5 Å². The lowest BCUT2D eigenvalue weighted by atomic mass is 10.1. The molecule has 3 aromatic heterocycles. The van der Waals surface area contributed by atoms with Crippen LogP contribution in [0.15, 0.2) is 48.7 Å². The highest BCUT2D eigenvalue weighted by Gasteiger charge is 2.27. The van der Waals surface area contributed by atoms with Crippen LogP contribution in [0.25, 0.3) is 16.2 Å². The molecule has 182 valence electrons. The lowest BCUT2D eigenvalue weighted by Crippen LogP contribution is -2.49. The Hall–Kier alpha value is -3.46. The van der Waals surface area contributed by atoms with Crippen molar-refractivity contribution in [2.24, 2.45) is 0 Å². The summed E-state index contributed by atoms with van der Waals surface area (Å²) in [5.41, 5.74) is 3.65. The van der Waals surface area contributed by atoms with Gasteiger partial charge in [0.25, 0.3) is 5.91 Å². The molecule has 4 aromatic rings. The van der Waals surface area contributed by atoms with Crippen molar-refractivity contribution in [3.63, 3.8) is 0 Å². The van der Waals surface area contributed by atoms with E-state index in [1.54, 1.807) is 23.6 Å². The Morgan fingerprint density at radius 2 is 1.80 bits per heavy atom.